The van der Waals surface area contributed by atoms with Gasteiger partial charge in [-0.15, -0.1) is 11.8 Å². The highest BCUT2D eigenvalue weighted by molar-refractivity contribution is 8.00. The van der Waals surface area contributed by atoms with Crippen LogP contribution in [0.15, 0.2) is 23.1 Å². The van der Waals surface area contributed by atoms with Gasteiger partial charge in [0.15, 0.2) is 0 Å². The molecule has 1 saturated heterocycles. The summed E-state index contributed by atoms with van der Waals surface area (Å²) in [4.78, 5) is 1.29. The van der Waals surface area contributed by atoms with Crippen molar-refractivity contribution in [3.05, 3.63) is 23.8 Å². The van der Waals surface area contributed by atoms with Crippen molar-refractivity contribution in [3.63, 3.8) is 0 Å². The average molecular weight is 195 g/mol. The van der Waals surface area contributed by atoms with Crippen LogP contribution in [-0.4, -0.2) is 18.5 Å². The predicted molar refractivity (Wildman–Crippen MR) is 56.1 cm³/mol. The van der Waals surface area contributed by atoms with Gasteiger partial charge in [0.2, 0.25) is 0 Å². The van der Waals surface area contributed by atoms with Crippen LogP contribution in [0.1, 0.15) is 5.56 Å². The second-order valence-electron chi connectivity index (χ2n) is 3.30. The van der Waals surface area contributed by atoms with Crippen LogP contribution in [0.25, 0.3) is 0 Å². The van der Waals surface area contributed by atoms with E-state index in [9.17, 15) is 0 Å². The number of thioether (sulfide) groups is 1. The molecule has 0 saturated carbocycles. The minimum Gasteiger partial charge on any atom is -0.399 e. The molecule has 13 heavy (non-hydrogen) atoms. The van der Waals surface area contributed by atoms with Crippen molar-refractivity contribution in [2.75, 3.05) is 18.9 Å². The van der Waals surface area contributed by atoms with E-state index < -0.39 is 0 Å². The van der Waals surface area contributed by atoms with Crippen LogP contribution in [0.5, 0.6) is 0 Å². The molecular formula is C10H13NOS. The molecule has 2 N–H and O–H groups in total. The van der Waals surface area contributed by atoms with Gasteiger partial charge < -0.3 is 10.5 Å². The van der Waals surface area contributed by atoms with Gasteiger partial charge in [0.25, 0.3) is 0 Å². The third-order valence-electron chi connectivity index (χ3n) is 2.15. The van der Waals surface area contributed by atoms with E-state index in [2.05, 4.69) is 12.1 Å². The molecule has 0 aliphatic carbocycles. The standard InChI is InChI=1S/C10H13NOS/c1-7-4-8(2-3-10(7)11)13-9-5-12-6-9/h2-4,9H,5-6,11H2,1H3. The fourth-order valence-corrected chi connectivity index (χ4v) is 2.30. The topological polar surface area (TPSA) is 35.2 Å². The highest BCUT2D eigenvalue weighted by atomic mass is 32.2. The van der Waals surface area contributed by atoms with Gasteiger partial charge >= 0.3 is 0 Å². The number of hydrogen-bond acceptors (Lipinski definition) is 3. The Morgan fingerprint density at radius 3 is 2.77 bits per heavy atom. The molecule has 1 fully saturated rings. The second kappa shape index (κ2) is 3.60. The summed E-state index contributed by atoms with van der Waals surface area (Å²) in [6.45, 7) is 3.80. The predicted octanol–water partition coefficient (Wildman–Crippen LogP) is 2.07. The van der Waals surface area contributed by atoms with Crippen LogP contribution >= 0.6 is 11.8 Å². The van der Waals surface area contributed by atoms with E-state index in [0.29, 0.717) is 5.25 Å². The molecule has 0 aromatic heterocycles. The van der Waals surface area contributed by atoms with Crippen molar-refractivity contribution >= 4 is 17.4 Å². The monoisotopic (exact) mass is 195 g/mol. The summed E-state index contributed by atoms with van der Waals surface area (Å²) in [7, 11) is 0. The summed E-state index contributed by atoms with van der Waals surface area (Å²) in [6, 6.07) is 6.18. The maximum Gasteiger partial charge on any atom is 0.0611 e. The van der Waals surface area contributed by atoms with E-state index >= 15 is 0 Å². The van der Waals surface area contributed by atoms with Crippen LogP contribution < -0.4 is 5.73 Å². The fourth-order valence-electron chi connectivity index (χ4n) is 1.20. The van der Waals surface area contributed by atoms with Crippen molar-refractivity contribution in [1.29, 1.82) is 0 Å². The summed E-state index contributed by atoms with van der Waals surface area (Å²) in [5, 5.41) is 0.642. The summed E-state index contributed by atoms with van der Waals surface area (Å²) >= 11 is 1.87. The summed E-state index contributed by atoms with van der Waals surface area (Å²) in [6.07, 6.45) is 0. The Bertz CT molecular complexity index is 310. The lowest BCUT2D eigenvalue weighted by atomic mass is 10.2. The minimum absolute atomic E-state index is 0.642. The first-order valence-electron chi connectivity index (χ1n) is 4.36. The van der Waals surface area contributed by atoms with Gasteiger partial charge in [-0.2, -0.15) is 0 Å². The van der Waals surface area contributed by atoms with E-state index in [4.69, 9.17) is 10.5 Å². The molecule has 0 amide bonds. The smallest absolute Gasteiger partial charge is 0.0611 e. The summed E-state index contributed by atoms with van der Waals surface area (Å²) in [5.41, 5.74) is 7.76. The molecule has 1 aromatic rings. The van der Waals surface area contributed by atoms with E-state index in [1.165, 1.54) is 4.90 Å². The molecule has 0 bridgehead atoms. The average Bonchev–Trinajstić information content (AvgIpc) is 2.04. The minimum atomic E-state index is 0.642. The Balaban J connectivity index is 2.07. The zero-order valence-corrected chi connectivity index (χ0v) is 8.43. The highest BCUT2D eigenvalue weighted by Gasteiger charge is 2.19. The van der Waals surface area contributed by atoms with Crippen molar-refractivity contribution in [1.82, 2.24) is 0 Å². The van der Waals surface area contributed by atoms with Crippen LogP contribution in [0.2, 0.25) is 0 Å². The molecule has 2 nitrogen and oxygen atoms in total. The van der Waals surface area contributed by atoms with E-state index in [1.807, 2.05) is 24.8 Å². The molecular weight excluding hydrogens is 182 g/mol. The molecule has 0 radical (unpaired) electrons. The van der Waals surface area contributed by atoms with Crippen molar-refractivity contribution in [2.24, 2.45) is 0 Å². The summed E-state index contributed by atoms with van der Waals surface area (Å²) in [5.74, 6) is 0. The van der Waals surface area contributed by atoms with Crippen LogP contribution in [0.4, 0.5) is 5.69 Å². The third-order valence-corrected chi connectivity index (χ3v) is 3.28. The number of nitrogens with two attached hydrogens (primary N) is 1. The van der Waals surface area contributed by atoms with Crippen LogP contribution in [0.3, 0.4) is 0 Å². The second-order valence-corrected chi connectivity index (χ2v) is 4.67. The third kappa shape index (κ3) is 1.98. The molecule has 0 unspecified atom stereocenters. The number of rotatable bonds is 2. The van der Waals surface area contributed by atoms with E-state index in [1.54, 1.807) is 0 Å². The van der Waals surface area contributed by atoms with Crippen LogP contribution in [-0.2, 0) is 4.74 Å². The van der Waals surface area contributed by atoms with Gasteiger partial charge in [0.1, 0.15) is 0 Å². The molecule has 3 heteroatoms. The maximum absolute atomic E-state index is 5.73. The molecule has 0 atom stereocenters. The lowest BCUT2D eigenvalue weighted by Crippen LogP contribution is -2.29. The number of aryl methyl sites for hydroxylation is 1. The highest BCUT2D eigenvalue weighted by Crippen LogP contribution is 2.29. The number of benzene rings is 1. The van der Waals surface area contributed by atoms with Gasteiger partial charge in [-0.3, -0.25) is 0 Å². The number of anilines is 1. The Labute approximate surface area is 82.5 Å². The molecule has 2 rings (SSSR count). The zero-order chi connectivity index (χ0) is 9.26. The summed E-state index contributed by atoms with van der Waals surface area (Å²) < 4.78 is 5.12. The fraction of sp³-hybridized carbons (Fsp3) is 0.400. The first-order chi connectivity index (χ1) is 6.25. The van der Waals surface area contributed by atoms with Crippen molar-refractivity contribution in [3.8, 4) is 0 Å². The number of nitrogen functional groups attached to an aromatic ring is 1. The lowest BCUT2D eigenvalue weighted by Gasteiger charge is -2.25. The molecule has 1 aliphatic rings. The quantitative estimate of drug-likeness (QED) is 0.734. The number of ether oxygens (including phenoxy) is 1. The van der Waals surface area contributed by atoms with Crippen molar-refractivity contribution in [2.45, 2.75) is 17.1 Å². The van der Waals surface area contributed by atoms with Gasteiger partial charge in [0, 0.05) is 10.6 Å². The van der Waals surface area contributed by atoms with Gasteiger partial charge in [0.05, 0.1) is 18.5 Å². The van der Waals surface area contributed by atoms with Gasteiger partial charge in [-0.25, -0.2) is 0 Å². The zero-order valence-electron chi connectivity index (χ0n) is 7.62. The van der Waals surface area contributed by atoms with E-state index in [-0.39, 0.29) is 0 Å². The SMILES string of the molecule is Cc1cc(SC2COC2)ccc1N. The molecule has 0 spiro atoms. The molecule has 70 valence electrons. The first-order valence-corrected chi connectivity index (χ1v) is 5.24. The Morgan fingerprint density at radius 2 is 2.23 bits per heavy atom. The van der Waals surface area contributed by atoms with Crippen LogP contribution in [0, 0.1) is 6.92 Å². The van der Waals surface area contributed by atoms with Gasteiger partial charge in [-0.05, 0) is 30.7 Å². The molecule has 1 aliphatic heterocycles. The number of hydrogen-bond donors (Lipinski definition) is 1. The molecule has 1 heterocycles. The van der Waals surface area contributed by atoms with Crippen molar-refractivity contribution < 1.29 is 4.74 Å². The maximum atomic E-state index is 5.73. The lowest BCUT2D eigenvalue weighted by molar-refractivity contribution is 0.0455. The Kier molecular flexibility index (Phi) is 2.47. The molecule has 1 aromatic carbocycles. The normalized spacial score (nSPS) is 17.0. The van der Waals surface area contributed by atoms with E-state index in [0.717, 1.165) is 24.5 Å². The van der Waals surface area contributed by atoms with Gasteiger partial charge in [-0.1, -0.05) is 0 Å². The Morgan fingerprint density at radius 1 is 1.46 bits per heavy atom. The Hall–Kier alpha value is -0.670. The largest absolute Gasteiger partial charge is 0.399 e. The first kappa shape index (κ1) is 8.91.